The van der Waals surface area contributed by atoms with Gasteiger partial charge in [0.1, 0.15) is 0 Å². The van der Waals surface area contributed by atoms with E-state index in [9.17, 15) is 0 Å². The van der Waals surface area contributed by atoms with Crippen LogP contribution in [0.4, 0.5) is 0 Å². The SMILES string of the molecule is CCOCCCCNC(=NC)NCC(C)(C)c1ccccc1C. The average molecular weight is 319 g/mol. The van der Waals surface area contributed by atoms with Crippen LogP contribution < -0.4 is 10.6 Å². The Morgan fingerprint density at radius 1 is 1.17 bits per heavy atom. The highest BCUT2D eigenvalue weighted by atomic mass is 16.5. The maximum atomic E-state index is 5.35. The second-order valence-electron chi connectivity index (χ2n) is 6.46. The van der Waals surface area contributed by atoms with E-state index in [1.165, 1.54) is 11.1 Å². The Bertz CT molecular complexity index is 483. The normalized spacial score (nSPS) is 12.3. The van der Waals surface area contributed by atoms with Crippen molar-refractivity contribution in [3.8, 4) is 0 Å². The van der Waals surface area contributed by atoms with Gasteiger partial charge in [0, 0.05) is 38.8 Å². The third-order valence-corrected chi connectivity index (χ3v) is 4.01. The van der Waals surface area contributed by atoms with E-state index in [1.54, 1.807) is 0 Å². The minimum atomic E-state index is 0.0535. The number of ether oxygens (including phenoxy) is 1. The molecule has 1 aromatic rings. The molecule has 2 N–H and O–H groups in total. The summed E-state index contributed by atoms with van der Waals surface area (Å²) in [4.78, 5) is 4.30. The number of nitrogens with one attached hydrogen (secondary N) is 2. The van der Waals surface area contributed by atoms with Gasteiger partial charge in [0.25, 0.3) is 0 Å². The number of guanidine groups is 1. The molecule has 1 rings (SSSR count). The van der Waals surface area contributed by atoms with Crippen LogP contribution in [0, 0.1) is 6.92 Å². The molecule has 0 aromatic heterocycles. The van der Waals surface area contributed by atoms with Crippen LogP contribution in [0.5, 0.6) is 0 Å². The van der Waals surface area contributed by atoms with E-state index in [1.807, 2.05) is 14.0 Å². The summed E-state index contributed by atoms with van der Waals surface area (Å²) in [5.41, 5.74) is 2.76. The molecule has 23 heavy (non-hydrogen) atoms. The molecular weight excluding hydrogens is 286 g/mol. The third kappa shape index (κ3) is 7.04. The van der Waals surface area contributed by atoms with Crippen molar-refractivity contribution in [1.29, 1.82) is 0 Å². The first-order chi connectivity index (χ1) is 11.0. The van der Waals surface area contributed by atoms with Gasteiger partial charge in [-0.1, -0.05) is 38.1 Å². The van der Waals surface area contributed by atoms with Crippen LogP contribution in [-0.2, 0) is 10.2 Å². The highest BCUT2D eigenvalue weighted by molar-refractivity contribution is 5.79. The first-order valence-electron chi connectivity index (χ1n) is 8.59. The summed E-state index contributed by atoms with van der Waals surface area (Å²) in [6, 6.07) is 8.57. The second-order valence-corrected chi connectivity index (χ2v) is 6.46. The molecule has 0 saturated heterocycles. The Morgan fingerprint density at radius 3 is 2.57 bits per heavy atom. The summed E-state index contributed by atoms with van der Waals surface area (Å²) in [6.45, 7) is 12.1. The maximum absolute atomic E-state index is 5.35. The van der Waals surface area contributed by atoms with E-state index in [-0.39, 0.29) is 5.41 Å². The van der Waals surface area contributed by atoms with E-state index in [4.69, 9.17) is 4.74 Å². The number of rotatable bonds is 9. The third-order valence-electron chi connectivity index (χ3n) is 4.01. The number of benzene rings is 1. The molecule has 0 aliphatic carbocycles. The van der Waals surface area contributed by atoms with Gasteiger partial charge in [0.05, 0.1) is 0 Å². The molecule has 0 unspecified atom stereocenters. The molecule has 0 atom stereocenters. The lowest BCUT2D eigenvalue weighted by molar-refractivity contribution is 0.143. The van der Waals surface area contributed by atoms with Gasteiger partial charge in [-0.15, -0.1) is 0 Å². The van der Waals surface area contributed by atoms with Crippen LogP contribution in [0.15, 0.2) is 29.3 Å². The summed E-state index contributed by atoms with van der Waals surface area (Å²) in [7, 11) is 1.82. The Morgan fingerprint density at radius 2 is 1.91 bits per heavy atom. The zero-order valence-electron chi connectivity index (χ0n) is 15.4. The Kier molecular flexibility index (Phi) is 8.70. The molecule has 0 aliphatic heterocycles. The number of hydrogen-bond donors (Lipinski definition) is 2. The van der Waals surface area contributed by atoms with Crippen LogP contribution >= 0.6 is 0 Å². The first kappa shape index (κ1) is 19.5. The largest absolute Gasteiger partial charge is 0.382 e. The van der Waals surface area contributed by atoms with Crippen LogP contribution in [0.1, 0.15) is 44.7 Å². The van der Waals surface area contributed by atoms with Crippen molar-refractivity contribution in [3.05, 3.63) is 35.4 Å². The molecular formula is C19H33N3O. The summed E-state index contributed by atoms with van der Waals surface area (Å²) in [5.74, 6) is 0.864. The van der Waals surface area contributed by atoms with Crippen molar-refractivity contribution >= 4 is 5.96 Å². The van der Waals surface area contributed by atoms with E-state index < -0.39 is 0 Å². The first-order valence-corrected chi connectivity index (χ1v) is 8.59. The Balaban J connectivity index is 2.40. The lowest BCUT2D eigenvalue weighted by Gasteiger charge is -2.28. The van der Waals surface area contributed by atoms with E-state index in [0.29, 0.717) is 0 Å². The molecule has 0 spiro atoms. The van der Waals surface area contributed by atoms with Crippen molar-refractivity contribution in [3.63, 3.8) is 0 Å². The summed E-state index contributed by atoms with van der Waals surface area (Å²) < 4.78 is 5.35. The van der Waals surface area contributed by atoms with Gasteiger partial charge in [-0.05, 0) is 37.8 Å². The number of aliphatic imine (C=N–C) groups is 1. The molecule has 0 saturated carbocycles. The fraction of sp³-hybridized carbons (Fsp3) is 0.632. The van der Waals surface area contributed by atoms with Crippen molar-refractivity contribution in [2.24, 2.45) is 4.99 Å². The smallest absolute Gasteiger partial charge is 0.191 e. The summed E-state index contributed by atoms with van der Waals surface area (Å²) >= 11 is 0. The maximum Gasteiger partial charge on any atom is 0.191 e. The van der Waals surface area contributed by atoms with Gasteiger partial charge in [-0.2, -0.15) is 0 Å². The second kappa shape index (κ2) is 10.3. The lowest BCUT2D eigenvalue weighted by Crippen LogP contribution is -2.43. The van der Waals surface area contributed by atoms with Gasteiger partial charge in [-0.3, -0.25) is 4.99 Å². The molecule has 0 heterocycles. The van der Waals surface area contributed by atoms with Crippen molar-refractivity contribution in [1.82, 2.24) is 10.6 Å². The average Bonchev–Trinajstić information content (AvgIpc) is 2.53. The molecule has 4 nitrogen and oxygen atoms in total. The van der Waals surface area contributed by atoms with Crippen molar-refractivity contribution < 1.29 is 4.74 Å². The zero-order valence-corrected chi connectivity index (χ0v) is 15.4. The van der Waals surface area contributed by atoms with Crippen LogP contribution in [0.2, 0.25) is 0 Å². The van der Waals surface area contributed by atoms with Gasteiger partial charge in [-0.25, -0.2) is 0 Å². The molecule has 130 valence electrons. The van der Waals surface area contributed by atoms with Crippen LogP contribution in [0.25, 0.3) is 0 Å². The summed E-state index contributed by atoms with van der Waals surface area (Å²) in [5, 5.41) is 6.81. The zero-order chi connectivity index (χ0) is 17.1. The van der Waals surface area contributed by atoms with Gasteiger partial charge in [0.15, 0.2) is 5.96 Å². The molecule has 0 aliphatic rings. The molecule has 4 heteroatoms. The molecule has 0 radical (unpaired) electrons. The fourth-order valence-corrected chi connectivity index (χ4v) is 2.63. The predicted octanol–water partition coefficient (Wildman–Crippen LogP) is 3.25. The predicted molar refractivity (Wildman–Crippen MR) is 99.3 cm³/mol. The number of unbranched alkanes of at least 4 members (excludes halogenated alkanes) is 1. The minimum absolute atomic E-state index is 0.0535. The topological polar surface area (TPSA) is 45.6 Å². The highest BCUT2D eigenvalue weighted by Gasteiger charge is 2.22. The molecule has 0 fully saturated rings. The van der Waals surface area contributed by atoms with Gasteiger partial charge >= 0.3 is 0 Å². The van der Waals surface area contributed by atoms with Crippen molar-refractivity contribution in [2.45, 2.75) is 46.0 Å². The number of aryl methyl sites for hydroxylation is 1. The van der Waals surface area contributed by atoms with Gasteiger partial charge < -0.3 is 15.4 Å². The lowest BCUT2D eigenvalue weighted by atomic mass is 9.82. The van der Waals surface area contributed by atoms with E-state index in [2.05, 4.69) is 60.7 Å². The molecule has 1 aromatic carbocycles. The fourth-order valence-electron chi connectivity index (χ4n) is 2.63. The monoisotopic (exact) mass is 319 g/mol. The number of hydrogen-bond acceptors (Lipinski definition) is 2. The summed E-state index contributed by atoms with van der Waals surface area (Å²) in [6.07, 6.45) is 2.16. The molecule has 0 bridgehead atoms. The highest BCUT2D eigenvalue weighted by Crippen LogP contribution is 2.25. The van der Waals surface area contributed by atoms with Crippen molar-refractivity contribution in [2.75, 3.05) is 33.4 Å². The van der Waals surface area contributed by atoms with Crippen LogP contribution in [0.3, 0.4) is 0 Å². The number of nitrogens with zero attached hydrogens (tertiary/aromatic N) is 1. The van der Waals surface area contributed by atoms with E-state index in [0.717, 1.165) is 45.1 Å². The Hall–Kier alpha value is -1.55. The minimum Gasteiger partial charge on any atom is -0.382 e. The standard InChI is InChI=1S/C19H33N3O/c1-6-23-14-10-9-13-21-18(20-5)22-15-19(3,4)17-12-8-7-11-16(17)2/h7-8,11-12H,6,9-10,13-15H2,1-5H3,(H2,20,21,22). The molecule has 0 amide bonds. The Labute approximate surface area is 141 Å². The quantitative estimate of drug-likeness (QED) is 0.417. The van der Waals surface area contributed by atoms with E-state index >= 15 is 0 Å². The van der Waals surface area contributed by atoms with Gasteiger partial charge in [0.2, 0.25) is 0 Å². The van der Waals surface area contributed by atoms with Crippen LogP contribution in [-0.4, -0.2) is 39.3 Å².